The summed E-state index contributed by atoms with van der Waals surface area (Å²) in [6.07, 6.45) is 1.61. The molecule has 1 heterocycles. The predicted molar refractivity (Wildman–Crippen MR) is 137 cm³/mol. The fourth-order valence-electron chi connectivity index (χ4n) is 3.50. The molecule has 0 aliphatic carbocycles. The molecule has 0 atom stereocenters. The van der Waals surface area contributed by atoms with Gasteiger partial charge in [0.05, 0.1) is 34.7 Å². The Hall–Kier alpha value is -4.44. The lowest BCUT2D eigenvalue weighted by molar-refractivity contribution is -0.385. The summed E-state index contributed by atoms with van der Waals surface area (Å²) in [6.45, 7) is 1.83. The van der Waals surface area contributed by atoms with Crippen molar-refractivity contribution in [2.45, 2.75) is 13.5 Å². The first kappa shape index (κ1) is 24.7. The normalized spacial score (nSPS) is 15.5. The molecule has 1 aliphatic rings. The molecule has 0 spiro atoms. The minimum absolute atomic E-state index is 0.0257. The summed E-state index contributed by atoms with van der Waals surface area (Å²) in [5.41, 5.74) is 2.52. The molecule has 0 saturated carbocycles. The maximum Gasteiger partial charge on any atom is 0.335 e. The van der Waals surface area contributed by atoms with Crippen molar-refractivity contribution in [1.82, 2.24) is 4.90 Å². The number of aryl methyl sites for hydroxylation is 1. The van der Waals surface area contributed by atoms with Gasteiger partial charge in [-0.1, -0.05) is 24.3 Å². The smallest absolute Gasteiger partial charge is 0.335 e. The third kappa shape index (κ3) is 5.44. The van der Waals surface area contributed by atoms with E-state index in [9.17, 15) is 19.7 Å². The molecule has 182 valence electrons. The summed E-state index contributed by atoms with van der Waals surface area (Å²) in [5.74, 6) is -0.669. The van der Waals surface area contributed by atoms with Crippen LogP contribution in [0.3, 0.4) is 0 Å². The zero-order chi connectivity index (χ0) is 25.8. The van der Waals surface area contributed by atoms with E-state index in [4.69, 9.17) is 9.84 Å². The van der Waals surface area contributed by atoms with Crippen molar-refractivity contribution < 1.29 is 24.4 Å². The van der Waals surface area contributed by atoms with Crippen LogP contribution in [0.25, 0.3) is 6.08 Å². The fraction of sp³-hybridized carbons (Fsp3) is 0.115. The van der Waals surface area contributed by atoms with Crippen molar-refractivity contribution in [2.75, 3.05) is 7.11 Å². The maximum absolute atomic E-state index is 13.4. The zero-order valence-electron chi connectivity index (χ0n) is 19.4. The van der Waals surface area contributed by atoms with Crippen LogP contribution in [0.5, 0.6) is 5.75 Å². The van der Waals surface area contributed by atoms with Crippen molar-refractivity contribution in [3.05, 3.63) is 104 Å². The van der Waals surface area contributed by atoms with Gasteiger partial charge in [0.15, 0.2) is 5.17 Å². The summed E-state index contributed by atoms with van der Waals surface area (Å²) in [7, 11) is 1.57. The number of aromatic carboxylic acids is 1. The number of methoxy groups -OCH3 is 1. The van der Waals surface area contributed by atoms with E-state index in [0.29, 0.717) is 32.6 Å². The zero-order valence-corrected chi connectivity index (χ0v) is 20.2. The van der Waals surface area contributed by atoms with Gasteiger partial charge in [0, 0.05) is 11.6 Å². The largest absolute Gasteiger partial charge is 0.497 e. The van der Waals surface area contributed by atoms with Crippen LogP contribution in [0.1, 0.15) is 27.0 Å². The number of carbonyl (C=O) groups excluding carboxylic acids is 1. The van der Waals surface area contributed by atoms with Crippen LogP contribution in [0, 0.1) is 17.0 Å². The Balaban J connectivity index is 1.70. The van der Waals surface area contributed by atoms with E-state index in [-0.39, 0.29) is 23.7 Å². The highest BCUT2D eigenvalue weighted by Crippen LogP contribution is 2.36. The maximum atomic E-state index is 13.4. The number of hydrogen-bond acceptors (Lipinski definition) is 7. The Morgan fingerprint density at radius 2 is 1.83 bits per heavy atom. The number of carboxylic acid groups (broad SMARTS) is 1. The number of amides is 1. The number of carbonyl (C=O) groups is 2. The van der Waals surface area contributed by atoms with Crippen LogP contribution in [-0.4, -0.2) is 39.1 Å². The average molecular weight is 504 g/mol. The molecule has 9 nitrogen and oxygen atoms in total. The van der Waals surface area contributed by atoms with Gasteiger partial charge >= 0.3 is 5.97 Å². The quantitative estimate of drug-likeness (QED) is 0.260. The Labute approximate surface area is 210 Å². The van der Waals surface area contributed by atoms with Crippen molar-refractivity contribution in [2.24, 2.45) is 4.99 Å². The Kier molecular flexibility index (Phi) is 7.16. The number of nitro groups is 1. The summed E-state index contributed by atoms with van der Waals surface area (Å²) in [4.78, 5) is 41.9. The fourth-order valence-corrected chi connectivity index (χ4v) is 4.50. The summed E-state index contributed by atoms with van der Waals surface area (Å²) in [6, 6.07) is 18.1. The first-order chi connectivity index (χ1) is 17.2. The number of benzene rings is 3. The number of carboxylic acids is 1. The second kappa shape index (κ2) is 10.4. The monoisotopic (exact) mass is 503 g/mol. The first-order valence-electron chi connectivity index (χ1n) is 10.8. The van der Waals surface area contributed by atoms with E-state index in [0.717, 1.165) is 17.3 Å². The molecular formula is C26H21N3O6S. The molecule has 1 amide bonds. The number of nitro benzene ring substituents is 1. The van der Waals surface area contributed by atoms with Crippen molar-refractivity contribution in [1.29, 1.82) is 0 Å². The van der Waals surface area contributed by atoms with E-state index in [2.05, 4.69) is 4.99 Å². The lowest BCUT2D eigenvalue weighted by Crippen LogP contribution is -2.28. The van der Waals surface area contributed by atoms with Crippen molar-refractivity contribution >= 4 is 46.3 Å². The van der Waals surface area contributed by atoms with Crippen LogP contribution in [0.2, 0.25) is 0 Å². The van der Waals surface area contributed by atoms with E-state index in [1.165, 1.54) is 23.1 Å². The van der Waals surface area contributed by atoms with E-state index in [1.54, 1.807) is 68.6 Å². The number of amidine groups is 1. The van der Waals surface area contributed by atoms with Gasteiger partial charge in [-0.3, -0.25) is 19.8 Å². The minimum atomic E-state index is -1.03. The molecule has 10 heteroatoms. The highest BCUT2D eigenvalue weighted by molar-refractivity contribution is 8.18. The van der Waals surface area contributed by atoms with Crippen LogP contribution >= 0.6 is 11.8 Å². The Bertz CT molecular complexity index is 1400. The molecule has 3 aromatic rings. The third-order valence-corrected chi connectivity index (χ3v) is 6.46. The summed E-state index contributed by atoms with van der Waals surface area (Å²) >= 11 is 1.16. The number of aliphatic imine (C=N–C) groups is 1. The van der Waals surface area contributed by atoms with Crippen LogP contribution < -0.4 is 4.74 Å². The SMILES string of the molecule is COc1ccc(N=C2S/C(=C\c3ccc(C)c([N+](=O)[O-])c3)C(=O)N2Cc2ccc(C(=O)O)cc2)cc1. The number of ether oxygens (including phenoxy) is 1. The standard InChI is InChI=1S/C26H21N3O6S/c1-16-3-4-18(13-22(16)29(33)34)14-23-24(30)28(15-17-5-7-19(8-6-17)25(31)32)26(36-23)27-20-9-11-21(35-2)12-10-20/h3-14H,15H2,1-2H3,(H,31,32)/b23-14-,27-26?. The predicted octanol–water partition coefficient (Wildman–Crippen LogP) is 5.41. The van der Waals surface area contributed by atoms with Crippen molar-refractivity contribution in [3.8, 4) is 5.75 Å². The second-order valence-corrected chi connectivity index (χ2v) is 8.91. The highest BCUT2D eigenvalue weighted by atomic mass is 32.2. The van der Waals surface area contributed by atoms with Crippen molar-refractivity contribution in [3.63, 3.8) is 0 Å². The van der Waals surface area contributed by atoms with Crippen LogP contribution in [0.15, 0.2) is 76.6 Å². The molecule has 4 rings (SSSR count). The minimum Gasteiger partial charge on any atom is -0.497 e. The van der Waals surface area contributed by atoms with Gasteiger partial charge in [-0.2, -0.15) is 0 Å². The molecule has 0 bridgehead atoms. The van der Waals surface area contributed by atoms with E-state index < -0.39 is 10.9 Å². The Morgan fingerprint density at radius 1 is 1.14 bits per heavy atom. The Morgan fingerprint density at radius 3 is 2.44 bits per heavy atom. The molecule has 0 radical (unpaired) electrons. The molecule has 0 aromatic heterocycles. The molecule has 1 aliphatic heterocycles. The lowest BCUT2D eigenvalue weighted by Gasteiger charge is -2.16. The molecule has 0 unspecified atom stereocenters. The molecule has 36 heavy (non-hydrogen) atoms. The van der Waals surface area contributed by atoms with Gasteiger partial charge in [0.1, 0.15) is 5.75 Å². The molecule has 1 N–H and O–H groups in total. The summed E-state index contributed by atoms with van der Waals surface area (Å²) in [5, 5.41) is 20.9. The summed E-state index contributed by atoms with van der Waals surface area (Å²) < 4.78 is 5.18. The van der Waals surface area contributed by atoms with Gasteiger partial charge in [-0.15, -0.1) is 0 Å². The number of thioether (sulfide) groups is 1. The number of rotatable bonds is 7. The lowest BCUT2D eigenvalue weighted by atomic mass is 10.1. The van der Waals surface area contributed by atoms with Gasteiger partial charge in [0.25, 0.3) is 11.6 Å². The first-order valence-corrected chi connectivity index (χ1v) is 11.6. The van der Waals surface area contributed by atoms with Gasteiger partial charge < -0.3 is 9.84 Å². The van der Waals surface area contributed by atoms with Gasteiger partial charge in [-0.25, -0.2) is 9.79 Å². The van der Waals surface area contributed by atoms with Gasteiger partial charge in [0.2, 0.25) is 0 Å². The number of hydrogen-bond donors (Lipinski definition) is 1. The van der Waals surface area contributed by atoms with Crippen LogP contribution in [0.4, 0.5) is 11.4 Å². The van der Waals surface area contributed by atoms with E-state index in [1.807, 2.05) is 0 Å². The topological polar surface area (TPSA) is 122 Å². The molecular weight excluding hydrogens is 482 g/mol. The number of nitrogens with zero attached hydrogens (tertiary/aromatic N) is 3. The van der Waals surface area contributed by atoms with Gasteiger partial charge in [-0.05, 0) is 72.3 Å². The van der Waals surface area contributed by atoms with Crippen LogP contribution in [-0.2, 0) is 11.3 Å². The molecule has 3 aromatic carbocycles. The van der Waals surface area contributed by atoms with E-state index >= 15 is 0 Å². The second-order valence-electron chi connectivity index (χ2n) is 7.90. The molecule has 1 fully saturated rings. The highest BCUT2D eigenvalue weighted by Gasteiger charge is 2.33. The molecule has 1 saturated heterocycles. The average Bonchev–Trinajstić information content (AvgIpc) is 3.14. The third-order valence-electron chi connectivity index (χ3n) is 5.45.